The maximum Gasteiger partial charge on any atom is 0.257 e. The molecule has 0 atom stereocenters. The summed E-state index contributed by atoms with van der Waals surface area (Å²) in [6.07, 6.45) is 34.2. The number of unbranched alkanes of at least 4 members (excludes halogenated alkanes) is 14. The Labute approximate surface area is 265 Å². The molecule has 2 aliphatic rings. The van der Waals surface area contributed by atoms with E-state index in [0.29, 0.717) is 10.3 Å². The lowest BCUT2D eigenvalue weighted by molar-refractivity contribution is 0.131. The molecule has 41 heavy (non-hydrogen) atoms. The average molecular weight is 611 g/mol. The first kappa shape index (κ1) is 36.6. The summed E-state index contributed by atoms with van der Waals surface area (Å²) >= 11 is 11.5. The number of hydrogen-bond donors (Lipinski definition) is 2. The maximum atomic E-state index is 6.08. The second-order valence-electron chi connectivity index (χ2n) is 13.3. The van der Waals surface area contributed by atoms with Crippen LogP contribution in [0.15, 0.2) is 0 Å². The molecule has 2 saturated carbocycles. The van der Waals surface area contributed by atoms with E-state index in [2.05, 4.69) is 24.5 Å². The Kier molecular flexibility index (Phi) is 20.4. The van der Waals surface area contributed by atoms with Gasteiger partial charge in [0.1, 0.15) is 0 Å². The molecule has 0 saturated heterocycles. The van der Waals surface area contributed by atoms with Crippen LogP contribution < -0.4 is 10.6 Å². The molecule has 6 heteroatoms. The molecule has 2 aliphatic carbocycles. The summed E-state index contributed by atoms with van der Waals surface area (Å²) in [7, 11) is 0. The highest BCUT2D eigenvalue weighted by molar-refractivity contribution is 7.80. The summed E-state index contributed by atoms with van der Waals surface area (Å²) in [6, 6.07) is 0. The van der Waals surface area contributed by atoms with Gasteiger partial charge >= 0.3 is 0 Å². The smallest absolute Gasteiger partial charge is 0.257 e. The molecule has 2 fully saturated rings. The normalized spacial score (nSPS) is 18.0. The van der Waals surface area contributed by atoms with E-state index in [-0.39, 0.29) is 11.1 Å². The summed E-state index contributed by atoms with van der Waals surface area (Å²) in [5, 5.41) is 8.76. The zero-order chi connectivity index (χ0) is 29.5. The van der Waals surface area contributed by atoms with Crippen molar-refractivity contribution in [1.82, 2.24) is 10.6 Å². The lowest BCUT2D eigenvalue weighted by atomic mass is 9.68. The Morgan fingerprint density at radius 2 is 0.805 bits per heavy atom. The number of thiocarbonyl (C=S) groups is 2. The molecule has 4 nitrogen and oxygen atoms in total. The van der Waals surface area contributed by atoms with E-state index in [1.54, 1.807) is 0 Å². The minimum absolute atomic E-state index is 0.00760. The second-order valence-corrected chi connectivity index (χ2v) is 14.1. The predicted molar refractivity (Wildman–Crippen MR) is 185 cm³/mol. The van der Waals surface area contributed by atoms with Gasteiger partial charge in [0.15, 0.2) is 0 Å². The van der Waals surface area contributed by atoms with Gasteiger partial charge in [0.2, 0.25) is 0 Å². The molecule has 0 unspecified atom stereocenters. The minimum atomic E-state index is -0.00760. The lowest BCUT2D eigenvalue weighted by Crippen LogP contribution is -2.60. The van der Waals surface area contributed by atoms with Gasteiger partial charge in [-0.25, -0.2) is 0 Å². The van der Waals surface area contributed by atoms with E-state index >= 15 is 0 Å². The number of rotatable bonds is 22. The molecule has 0 bridgehead atoms. The Morgan fingerprint density at radius 3 is 1.15 bits per heavy atom. The first-order valence-corrected chi connectivity index (χ1v) is 18.7. The van der Waals surface area contributed by atoms with Crippen LogP contribution in [0.3, 0.4) is 0 Å². The molecule has 0 heterocycles. The summed E-state index contributed by atoms with van der Waals surface area (Å²) in [6.45, 7) is 6.02. The Bertz CT molecular complexity index is 619. The number of ether oxygens (including phenoxy) is 2. The van der Waals surface area contributed by atoms with E-state index in [4.69, 9.17) is 33.9 Å². The lowest BCUT2D eigenvalue weighted by Gasteiger charge is -2.48. The van der Waals surface area contributed by atoms with Gasteiger partial charge in [-0.2, -0.15) is 0 Å². The molecule has 0 radical (unpaired) electrons. The van der Waals surface area contributed by atoms with Crippen molar-refractivity contribution >= 4 is 34.8 Å². The summed E-state index contributed by atoms with van der Waals surface area (Å²) in [5.41, 5.74) is -0.0152. The van der Waals surface area contributed by atoms with E-state index in [1.165, 1.54) is 128 Å². The molecule has 0 aromatic rings. The van der Waals surface area contributed by atoms with Crippen LogP contribution in [0.25, 0.3) is 0 Å². The second kappa shape index (κ2) is 22.9. The molecular formula is C35H66N2O2S2. The van der Waals surface area contributed by atoms with Gasteiger partial charge in [-0.15, -0.1) is 0 Å². The van der Waals surface area contributed by atoms with Gasteiger partial charge in [-0.05, 0) is 69.4 Å². The summed E-state index contributed by atoms with van der Waals surface area (Å²) < 4.78 is 12.2. The first-order valence-electron chi connectivity index (χ1n) is 17.9. The van der Waals surface area contributed by atoms with Crippen molar-refractivity contribution in [3.63, 3.8) is 0 Å². The Morgan fingerprint density at radius 1 is 0.488 bits per heavy atom. The first-order chi connectivity index (χ1) is 20.0. The van der Waals surface area contributed by atoms with Crippen LogP contribution in [0.5, 0.6) is 0 Å². The van der Waals surface area contributed by atoms with Crippen LogP contribution in [0, 0.1) is 0 Å². The van der Waals surface area contributed by atoms with E-state index < -0.39 is 0 Å². The highest BCUT2D eigenvalue weighted by Gasteiger charge is 2.44. The van der Waals surface area contributed by atoms with Crippen LogP contribution in [0.1, 0.15) is 187 Å². The molecular weight excluding hydrogens is 545 g/mol. The monoisotopic (exact) mass is 610 g/mol. The van der Waals surface area contributed by atoms with Crippen molar-refractivity contribution in [2.24, 2.45) is 0 Å². The third kappa shape index (κ3) is 16.7. The molecule has 2 N–H and O–H groups in total. The zero-order valence-electron chi connectivity index (χ0n) is 27.1. The minimum Gasteiger partial charge on any atom is -0.471 e. The fourth-order valence-electron chi connectivity index (χ4n) is 7.10. The van der Waals surface area contributed by atoms with Crippen LogP contribution >= 0.6 is 24.4 Å². The molecule has 0 aromatic carbocycles. The SMILES string of the molecule is CCCCCCCCCCOC(=S)NC1(CC2(NC(=S)OCCCCCCCCCC)CCCCC2)CCCCC1. The standard InChI is InChI=1S/C35H66N2O2S2/c1-3-5-7-9-11-13-15-23-29-38-32(40)36-34(25-19-17-20-26-34)31-35(27-21-18-22-28-35)37-33(41)39-30-24-16-14-12-10-8-6-4-2/h3-31H2,1-2H3,(H,36,40)(H,37,41). The quantitative estimate of drug-likeness (QED) is 0.0939. The Hall–Kier alpha value is -0.620. The molecule has 0 aromatic heterocycles. The maximum absolute atomic E-state index is 6.08. The predicted octanol–water partition coefficient (Wildman–Crippen LogP) is 10.8. The molecule has 0 amide bonds. The van der Waals surface area contributed by atoms with E-state index in [0.717, 1.165) is 58.2 Å². The molecule has 0 aliphatic heterocycles. The van der Waals surface area contributed by atoms with Crippen molar-refractivity contribution < 1.29 is 9.47 Å². The fraction of sp³-hybridized carbons (Fsp3) is 0.943. The summed E-state index contributed by atoms with van der Waals surface area (Å²) in [4.78, 5) is 0. The van der Waals surface area contributed by atoms with Gasteiger partial charge in [-0.1, -0.05) is 142 Å². The van der Waals surface area contributed by atoms with Crippen LogP contribution in [-0.4, -0.2) is 34.6 Å². The number of hydrogen-bond acceptors (Lipinski definition) is 4. The molecule has 0 spiro atoms. The van der Waals surface area contributed by atoms with Crippen molar-refractivity contribution in [2.45, 2.75) is 198 Å². The van der Waals surface area contributed by atoms with Gasteiger partial charge in [0.25, 0.3) is 10.3 Å². The zero-order valence-corrected chi connectivity index (χ0v) is 28.8. The van der Waals surface area contributed by atoms with Gasteiger partial charge in [-0.3, -0.25) is 0 Å². The van der Waals surface area contributed by atoms with Gasteiger partial charge in [0, 0.05) is 11.1 Å². The fourth-order valence-corrected chi connectivity index (χ4v) is 7.70. The van der Waals surface area contributed by atoms with Crippen LogP contribution in [0.2, 0.25) is 0 Å². The summed E-state index contributed by atoms with van der Waals surface area (Å²) in [5.74, 6) is 0. The topological polar surface area (TPSA) is 42.5 Å². The van der Waals surface area contributed by atoms with Gasteiger partial charge in [0.05, 0.1) is 13.2 Å². The van der Waals surface area contributed by atoms with Crippen molar-refractivity contribution in [3.8, 4) is 0 Å². The van der Waals surface area contributed by atoms with E-state index in [9.17, 15) is 0 Å². The highest BCUT2D eigenvalue weighted by Crippen LogP contribution is 2.41. The third-order valence-electron chi connectivity index (χ3n) is 9.49. The largest absolute Gasteiger partial charge is 0.471 e. The third-order valence-corrected chi connectivity index (χ3v) is 9.93. The molecule has 240 valence electrons. The average Bonchev–Trinajstić information content (AvgIpc) is 2.96. The van der Waals surface area contributed by atoms with Crippen molar-refractivity contribution in [2.75, 3.05) is 13.2 Å². The number of nitrogens with one attached hydrogen (secondary N) is 2. The Balaban J connectivity index is 1.78. The van der Waals surface area contributed by atoms with Crippen LogP contribution in [-0.2, 0) is 9.47 Å². The van der Waals surface area contributed by atoms with Crippen molar-refractivity contribution in [1.29, 1.82) is 0 Å². The van der Waals surface area contributed by atoms with Gasteiger partial charge < -0.3 is 20.1 Å². The van der Waals surface area contributed by atoms with Crippen LogP contribution in [0.4, 0.5) is 0 Å². The van der Waals surface area contributed by atoms with Crippen molar-refractivity contribution in [3.05, 3.63) is 0 Å². The molecule has 2 rings (SSSR count). The highest BCUT2D eigenvalue weighted by atomic mass is 32.1. The van der Waals surface area contributed by atoms with E-state index in [1.807, 2.05) is 0 Å².